The molecular formula is C30H21ClFN3O5S. The van der Waals surface area contributed by atoms with Gasteiger partial charge in [0.1, 0.15) is 11.5 Å². The van der Waals surface area contributed by atoms with Gasteiger partial charge in [-0.15, -0.1) is 11.8 Å². The van der Waals surface area contributed by atoms with Gasteiger partial charge in [-0.25, -0.2) is 4.39 Å². The van der Waals surface area contributed by atoms with E-state index in [4.69, 9.17) is 11.6 Å². The first kappa shape index (κ1) is 29.2. The third-order valence-corrected chi connectivity index (χ3v) is 6.98. The second kappa shape index (κ2) is 13.5. The summed E-state index contributed by atoms with van der Waals surface area (Å²) < 4.78 is 14.5. The van der Waals surface area contributed by atoms with E-state index in [0.717, 1.165) is 6.08 Å². The molecule has 2 amide bonds. The first-order valence-corrected chi connectivity index (χ1v) is 13.4. The highest BCUT2D eigenvalue weighted by atomic mass is 35.5. The molecule has 8 nitrogen and oxygen atoms in total. The van der Waals surface area contributed by atoms with E-state index in [2.05, 4.69) is 10.6 Å². The molecule has 0 aliphatic carbocycles. The smallest absolute Gasteiger partial charge is 0.272 e. The van der Waals surface area contributed by atoms with Gasteiger partial charge >= 0.3 is 0 Å². The number of amides is 2. The standard InChI is InChI=1S/C30H21ClFN3O5S/c31-25-13-6-14-26(32)24(25)17-27(34-29(37)19-7-2-1-3-8-19)30(38)33-21-10-5-12-23(16-21)41-18-28(36)20-9-4-11-22(15-20)35(39)40/h1-17H,18H2,(H,33,38)(H,34,37)/b27-17-. The molecule has 0 aliphatic heterocycles. The number of non-ortho nitro benzene ring substituents is 1. The summed E-state index contributed by atoms with van der Waals surface area (Å²) in [5.41, 5.74) is 0.360. The number of nitrogens with zero attached hydrogens (tertiary/aromatic N) is 1. The second-order valence-corrected chi connectivity index (χ2v) is 9.97. The van der Waals surface area contributed by atoms with Crippen LogP contribution >= 0.6 is 23.4 Å². The summed E-state index contributed by atoms with van der Waals surface area (Å²) in [6, 6.07) is 24.4. The minimum Gasteiger partial charge on any atom is -0.321 e. The van der Waals surface area contributed by atoms with E-state index in [1.807, 2.05) is 0 Å². The molecule has 2 N–H and O–H groups in total. The maximum atomic E-state index is 14.5. The molecule has 4 aromatic rings. The third kappa shape index (κ3) is 7.87. The van der Waals surface area contributed by atoms with Crippen molar-refractivity contribution in [1.29, 1.82) is 0 Å². The minimum absolute atomic E-state index is 0.00262. The van der Waals surface area contributed by atoms with Gasteiger partial charge in [0, 0.05) is 39.4 Å². The van der Waals surface area contributed by atoms with Gasteiger partial charge in [-0.05, 0) is 48.5 Å². The maximum absolute atomic E-state index is 14.5. The zero-order valence-electron chi connectivity index (χ0n) is 21.2. The Morgan fingerprint density at radius 2 is 1.61 bits per heavy atom. The zero-order valence-corrected chi connectivity index (χ0v) is 22.7. The fourth-order valence-corrected chi connectivity index (χ4v) is 4.69. The fraction of sp³-hybridized carbons (Fsp3) is 0.0333. The van der Waals surface area contributed by atoms with Crippen molar-refractivity contribution in [2.45, 2.75) is 4.90 Å². The van der Waals surface area contributed by atoms with Crippen LogP contribution in [0.5, 0.6) is 0 Å². The molecule has 0 bridgehead atoms. The Kier molecular flexibility index (Phi) is 9.62. The Morgan fingerprint density at radius 1 is 0.902 bits per heavy atom. The average Bonchev–Trinajstić information content (AvgIpc) is 2.97. The molecule has 0 atom stereocenters. The highest BCUT2D eigenvalue weighted by Crippen LogP contribution is 2.25. The van der Waals surface area contributed by atoms with Crippen LogP contribution < -0.4 is 10.6 Å². The Balaban J connectivity index is 1.51. The molecule has 4 rings (SSSR count). The molecule has 0 aliphatic rings. The molecule has 0 radical (unpaired) electrons. The number of ketones is 1. The monoisotopic (exact) mass is 589 g/mol. The van der Waals surface area contributed by atoms with Crippen LogP contribution in [-0.2, 0) is 4.79 Å². The van der Waals surface area contributed by atoms with Crippen molar-refractivity contribution in [1.82, 2.24) is 5.32 Å². The van der Waals surface area contributed by atoms with E-state index in [1.165, 1.54) is 54.2 Å². The summed E-state index contributed by atoms with van der Waals surface area (Å²) in [4.78, 5) is 49.8. The molecule has 4 aromatic carbocycles. The normalized spacial score (nSPS) is 11.0. The van der Waals surface area contributed by atoms with Gasteiger partial charge in [-0.1, -0.05) is 54.1 Å². The first-order valence-electron chi connectivity index (χ1n) is 12.1. The summed E-state index contributed by atoms with van der Waals surface area (Å²) in [5.74, 6) is -2.29. The number of nitro benzene ring substituents is 1. The predicted molar refractivity (Wildman–Crippen MR) is 157 cm³/mol. The Hall–Kier alpha value is -4.80. The third-order valence-electron chi connectivity index (χ3n) is 5.66. The van der Waals surface area contributed by atoms with Gasteiger partial charge in [0.25, 0.3) is 17.5 Å². The lowest BCUT2D eigenvalue weighted by atomic mass is 10.1. The van der Waals surface area contributed by atoms with Crippen molar-refractivity contribution in [3.8, 4) is 0 Å². The van der Waals surface area contributed by atoms with Crippen molar-refractivity contribution >= 4 is 58.4 Å². The Labute approximate surface area is 243 Å². The first-order chi connectivity index (χ1) is 19.7. The van der Waals surface area contributed by atoms with E-state index in [1.54, 1.807) is 54.6 Å². The molecule has 206 valence electrons. The van der Waals surface area contributed by atoms with Crippen LogP contribution in [0.2, 0.25) is 5.02 Å². The van der Waals surface area contributed by atoms with Crippen molar-refractivity contribution in [2.24, 2.45) is 0 Å². The number of anilines is 1. The number of thioether (sulfide) groups is 1. The molecule has 41 heavy (non-hydrogen) atoms. The van der Waals surface area contributed by atoms with Crippen molar-refractivity contribution in [3.63, 3.8) is 0 Å². The molecule has 0 unspecified atom stereocenters. The number of carbonyl (C=O) groups is 3. The summed E-state index contributed by atoms with van der Waals surface area (Å²) in [6.45, 7) is 0. The number of Topliss-reactive ketones (excluding diaryl/α,β-unsaturated/α-hetero) is 1. The van der Waals surface area contributed by atoms with Crippen LogP contribution in [0.1, 0.15) is 26.3 Å². The minimum atomic E-state index is -0.733. The van der Waals surface area contributed by atoms with Crippen LogP contribution in [0.25, 0.3) is 6.08 Å². The lowest BCUT2D eigenvalue weighted by Crippen LogP contribution is -2.30. The van der Waals surface area contributed by atoms with Gasteiger partial charge in [-0.3, -0.25) is 24.5 Å². The van der Waals surface area contributed by atoms with Crippen LogP contribution in [0.3, 0.4) is 0 Å². The van der Waals surface area contributed by atoms with Crippen molar-refractivity contribution in [3.05, 3.63) is 140 Å². The number of rotatable bonds is 10. The highest BCUT2D eigenvalue weighted by molar-refractivity contribution is 8.00. The van der Waals surface area contributed by atoms with E-state index >= 15 is 0 Å². The van der Waals surface area contributed by atoms with E-state index in [-0.39, 0.29) is 44.6 Å². The summed E-state index contributed by atoms with van der Waals surface area (Å²) in [7, 11) is 0. The lowest BCUT2D eigenvalue weighted by molar-refractivity contribution is -0.384. The molecule has 0 fully saturated rings. The topological polar surface area (TPSA) is 118 Å². The number of benzene rings is 4. The number of hydrogen-bond acceptors (Lipinski definition) is 6. The van der Waals surface area contributed by atoms with Gasteiger partial charge < -0.3 is 10.6 Å². The molecule has 0 saturated heterocycles. The van der Waals surface area contributed by atoms with Crippen LogP contribution in [0.15, 0.2) is 108 Å². The molecule has 0 spiro atoms. The number of carbonyl (C=O) groups excluding carboxylic acids is 3. The van der Waals surface area contributed by atoms with Crippen LogP contribution in [0.4, 0.5) is 15.8 Å². The summed E-state index contributed by atoms with van der Waals surface area (Å²) in [6.07, 6.45) is 1.16. The predicted octanol–water partition coefficient (Wildman–Crippen LogP) is 6.77. The summed E-state index contributed by atoms with van der Waals surface area (Å²) >= 11 is 7.33. The number of nitro groups is 1. The number of halogens is 2. The van der Waals surface area contributed by atoms with Gasteiger partial charge in [0.05, 0.1) is 15.7 Å². The van der Waals surface area contributed by atoms with Crippen LogP contribution in [-0.4, -0.2) is 28.3 Å². The second-order valence-electron chi connectivity index (χ2n) is 8.51. The van der Waals surface area contributed by atoms with Crippen LogP contribution in [0, 0.1) is 15.9 Å². The van der Waals surface area contributed by atoms with Crippen molar-refractivity contribution in [2.75, 3.05) is 11.1 Å². The van der Waals surface area contributed by atoms with Gasteiger partial charge in [0.15, 0.2) is 5.78 Å². The summed E-state index contributed by atoms with van der Waals surface area (Å²) in [5, 5.41) is 16.3. The average molecular weight is 590 g/mol. The lowest BCUT2D eigenvalue weighted by Gasteiger charge is -2.13. The Morgan fingerprint density at radius 3 is 2.34 bits per heavy atom. The fourth-order valence-electron chi connectivity index (χ4n) is 3.62. The molecule has 0 saturated carbocycles. The number of nitrogens with one attached hydrogen (secondary N) is 2. The van der Waals surface area contributed by atoms with Gasteiger partial charge in [-0.2, -0.15) is 0 Å². The number of hydrogen-bond donors (Lipinski definition) is 2. The quantitative estimate of drug-likeness (QED) is 0.0692. The Bertz CT molecular complexity index is 1640. The molecule has 0 heterocycles. The van der Waals surface area contributed by atoms with E-state index < -0.39 is 22.6 Å². The van der Waals surface area contributed by atoms with Gasteiger partial charge in [0.2, 0.25) is 0 Å². The molecular weight excluding hydrogens is 569 g/mol. The largest absolute Gasteiger partial charge is 0.321 e. The molecule has 11 heteroatoms. The zero-order chi connectivity index (χ0) is 29.4. The highest BCUT2D eigenvalue weighted by Gasteiger charge is 2.18. The van der Waals surface area contributed by atoms with Crippen molar-refractivity contribution < 1.29 is 23.7 Å². The molecule has 0 aromatic heterocycles. The SMILES string of the molecule is O=C(Nc1cccc(SCC(=O)c2cccc([N+](=O)[O-])c2)c1)/C(=C/c1c(F)cccc1Cl)NC(=O)c1ccccc1. The maximum Gasteiger partial charge on any atom is 0.272 e. The van der Waals surface area contributed by atoms with E-state index in [0.29, 0.717) is 10.6 Å². The van der Waals surface area contributed by atoms with E-state index in [9.17, 15) is 28.9 Å².